The second kappa shape index (κ2) is 20.7. The highest BCUT2D eigenvalue weighted by atomic mass is 16.4. The third-order valence-electron chi connectivity index (χ3n) is 8.09. The van der Waals surface area contributed by atoms with Gasteiger partial charge in [0, 0.05) is 70.9 Å². The summed E-state index contributed by atoms with van der Waals surface area (Å²) in [4.78, 5) is 78.9. The van der Waals surface area contributed by atoms with Gasteiger partial charge in [-0.25, -0.2) is 0 Å². The van der Waals surface area contributed by atoms with Gasteiger partial charge in [0.1, 0.15) is 6.29 Å². The molecule has 0 aromatic heterocycles. The number of nitrogens with one attached hydrogen (secondary N) is 3. The number of nitrogens with zero attached hydrogens (tertiary/aromatic N) is 4. The fourth-order valence-corrected chi connectivity index (χ4v) is 5.48. The van der Waals surface area contributed by atoms with E-state index in [0.29, 0.717) is 84.6 Å². The molecular weight excluding hydrogens is 574 g/mol. The Labute approximate surface area is 259 Å². The van der Waals surface area contributed by atoms with Crippen molar-refractivity contribution in [1.29, 1.82) is 0 Å². The molecule has 0 radical (unpaired) electrons. The van der Waals surface area contributed by atoms with Crippen LogP contribution in [0, 0.1) is 5.92 Å². The molecule has 0 aromatic carbocycles. The molecule has 0 aromatic rings. The Kier molecular flexibility index (Phi) is 17.5. The molecule has 1 aliphatic carbocycles. The summed E-state index contributed by atoms with van der Waals surface area (Å²) < 4.78 is 0. The van der Waals surface area contributed by atoms with Gasteiger partial charge >= 0.3 is 11.9 Å². The number of hydrogen-bond acceptors (Lipinski definition) is 10. The lowest BCUT2D eigenvalue weighted by Gasteiger charge is -2.33. The lowest BCUT2D eigenvalue weighted by atomic mass is 9.85. The van der Waals surface area contributed by atoms with Crippen molar-refractivity contribution in [1.82, 2.24) is 35.6 Å². The highest BCUT2D eigenvalue weighted by molar-refractivity contribution is 5.85. The number of aldehydes is 1. The Balaban J connectivity index is 1.89. The predicted octanol–water partition coefficient (Wildman–Crippen LogP) is -1.72. The largest absolute Gasteiger partial charge is 0.480 e. The molecule has 2 aliphatic rings. The SMILES string of the molecule is CCCCNC(=O)CNC(=O)C1CCC(NC(=O)CN2CCN(CC=O)CCN(CC(=O)O)CCN(CC(=O)O)CC2)CC1. The van der Waals surface area contributed by atoms with Gasteiger partial charge in [-0.2, -0.15) is 0 Å². The van der Waals surface area contributed by atoms with Crippen molar-refractivity contribution in [3.05, 3.63) is 0 Å². The van der Waals surface area contributed by atoms with E-state index in [0.717, 1.165) is 19.1 Å². The standard InChI is InChI=1S/C29H51N7O8/c1-2-3-8-30-25(38)19-31-29(44)23-4-6-24(7-5-23)32-26(39)20-34-11-9-33(17-18-37)10-12-35(21-27(40)41)15-16-36(14-13-34)22-28(42)43/h18,23-24H,2-17,19-22H2,1H3,(H,30,38)(H,31,44)(H,32,39)(H,40,41)(H,42,43). The third kappa shape index (κ3) is 15.5. The summed E-state index contributed by atoms with van der Waals surface area (Å²) in [6.45, 7) is 5.87. The van der Waals surface area contributed by atoms with Crippen LogP contribution in [0.4, 0.5) is 0 Å². The summed E-state index contributed by atoms with van der Waals surface area (Å²) in [5, 5.41) is 27.2. The van der Waals surface area contributed by atoms with Crippen LogP contribution in [0.2, 0.25) is 0 Å². The molecule has 1 heterocycles. The van der Waals surface area contributed by atoms with Gasteiger partial charge in [0.05, 0.1) is 32.7 Å². The van der Waals surface area contributed by atoms with Gasteiger partial charge in [-0.3, -0.25) is 43.6 Å². The highest BCUT2D eigenvalue weighted by Gasteiger charge is 2.28. The lowest BCUT2D eigenvalue weighted by Crippen LogP contribution is -2.50. The van der Waals surface area contributed by atoms with Gasteiger partial charge in [0.25, 0.3) is 0 Å². The molecule has 250 valence electrons. The minimum atomic E-state index is -0.983. The van der Waals surface area contributed by atoms with Gasteiger partial charge < -0.3 is 31.0 Å². The predicted molar refractivity (Wildman–Crippen MR) is 162 cm³/mol. The smallest absolute Gasteiger partial charge is 0.317 e. The van der Waals surface area contributed by atoms with Crippen LogP contribution in [0.1, 0.15) is 45.4 Å². The molecule has 0 atom stereocenters. The molecule has 0 spiro atoms. The first kappa shape index (κ1) is 37.0. The molecule has 5 N–H and O–H groups in total. The second-order valence-corrected chi connectivity index (χ2v) is 11.6. The summed E-state index contributed by atoms with van der Waals surface area (Å²) in [6.07, 6.45) is 5.20. The average Bonchev–Trinajstić information content (AvgIpc) is 2.97. The first-order valence-electron chi connectivity index (χ1n) is 15.7. The third-order valence-corrected chi connectivity index (χ3v) is 8.09. The van der Waals surface area contributed by atoms with E-state index in [1.165, 1.54) is 0 Å². The molecule has 1 saturated carbocycles. The lowest BCUT2D eigenvalue weighted by molar-refractivity contribution is -0.140. The van der Waals surface area contributed by atoms with Crippen molar-refractivity contribution in [3.8, 4) is 0 Å². The van der Waals surface area contributed by atoms with E-state index in [9.17, 15) is 39.0 Å². The van der Waals surface area contributed by atoms with Crippen molar-refractivity contribution in [2.45, 2.75) is 51.5 Å². The zero-order chi connectivity index (χ0) is 32.3. The Morgan fingerprint density at radius 2 is 1.20 bits per heavy atom. The van der Waals surface area contributed by atoms with Gasteiger partial charge in [0.15, 0.2) is 0 Å². The highest BCUT2D eigenvalue weighted by Crippen LogP contribution is 2.24. The molecule has 15 heteroatoms. The van der Waals surface area contributed by atoms with Crippen LogP contribution >= 0.6 is 0 Å². The molecule has 0 unspecified atom stereocenters. The van der Waals surface area contributed by atoms with Crippen molar-refractivity contribution >= 4 is 35.9 Å². The molecule has 2 fully saturated rings. The number of carbonyl (C=O) groups is 6. The monoisotopic (exact) mass is 625 g/mol. The Morgan fingerprint density at radius 3 is 1.68 bits per heavy atom. The molecule has 0 bridgehead atoms. The number of carboxylic acids is 2. The van der Waals surface area contributed by atoms with Crippen LogP contribution < -0.4 is 16.0 Å². The van der Waals surface area contributed by atoms with E-state index in [-0.39, 0.29) is 62.4 Å². The van der Waals surface area contributed by atoms with E-state index >= 15 is 0 Å². The number of aliphatic carboxylic acids is 2. The molecule has 1 aliphatic heterocycles. The maximum absolute atomic E-state index is 13.1. The van der Waals surface area contributed by atoms with E-state index in [1.807, 2.05) is 16.7 Å². The topological polar surface area (TPSA) is 192 Å². The second-order valence-electron chi connectivity index (χ2n) is 11.6. The van der Waals surface area contributed by atoms with Gasteiger partial charge in [0.2, 0.25) is 17.7 Å². The van der Waals surface area contributed by atoms with Crippen LogP contribution in [-0.2, 0) is 28.8 Å². The number of amides is 3. The van der Waals surface area contributed by atoms with E-state index in [1.54, 1.807) is 9.80 Å². The number of carboxylic acid groups (broad SMARTS) is 2. The number of carbonyl (C=O) groups excluding carboxylic acids is 4. The van der Waals surface area contributed by atoms with Crippen molar-refractivity contribution < 1.29 is 39.0 Å². The van der Waals surface area contributed by atoms with Crippen LogP contribution in [0.25, 0.3) is 0 Å². The minimum absolute atomic E-state index is 0.0379. The van der Waals surface area contributed by atoms with Crippen molar-refractivity contribution in [2.24, 2.45) is 5.92 Å². The fourth-order valence-electron chi connectivity index (χ4n) is 5.48. The molecule has 44 heavy (non-hydrogen) atoms. The summed E-state index contributed by atoms with van der Waals surface area (Å²) in [5.41, 5.74) is 0. The molecule has 15 nitrogen and oxygen atoms in total. The van der Waals surface area contributed by atoms with Crippen LogP contribution in [-0.4, -0.2) is 163 Å². The summed E-state index contributed by atoms with van der Waals surface area (Å²) in [6, 6.07) is -0.0633. The van der Waals surface area contributed by atoms with Gasteiger partial charge in [-0.1, -0.05) is 13.3 Å². The summed E-state index contributed by atoms with van der Waals surface area (Å²) in [5.74, 6) is -2.65. The van der Waals surface area contributed by atoms with E-state index < -0.39 is 11.9 Å². The van der Waals surface area contributed by atoms with E-state index in [4.69, 9.17) is 0 Å². The minimum Gasteiger partial charge on any atom is -0.480 e. The van der Waals surface area contributed by atoms with Gasteiger partial charge in [-0.05, 0) is 32.1 Å². The van der Waals surface area contributed by atoms with Crippen LogP contribution in [0.5, 0.6) is 0 Å². The molecular formula is C29H51N7O8. The van der Waals surface area contributed by atoms with Crippen molar-refractivity contribution in [3.63, 3.8) is 0 Å². The number of unbranched alkanes of at least 4 members (excludes halogenated alkanes) is 1. The summed E-state index contributed by atoms with van der Waals surface area (Å²) >= 11 is 0. The number of rotatable bonds is 15. The quantitative estimate of drug-likeness (QED) is 0.102. The normalized spacial score (nSPS) is 21.8. The molecule has 1 saturated heterocycles. The van der Waals surface area contributed by atoms with Crippen molar-refractivity contribution in [2.75, 3.05) is 91.6 Å². The number of hydrogen-bond donors (Lipinski definition) is 5. The maximum Gasteiger partial charge on any atom is 0.317 e. The fraction of sp³-hybridized carbons (Fsp3) is 0.793. The van der Waals surface area contributed by atoms with E-state index in [2.05, 4.69) is 16.0 Å². The Bertz CT molecular complexity index is 945. The van der Waals surface area contributed by atoms with Crippen LogP contribution in [0.3, 0.4) is 0 Å². The average molecular weight is 626 g/mol. The first-order valence-corrected chi connectivity index (χ1v) is 15.7. The Morgan fingerprint density at radius 1 is 0.705 bits per heavy atom. The Hall–Kier alpha value is -3.14. The summed E-state index contributed by atoms with van der Waals surface area (Å²) in [7, 11) is 0. The molecule has 3 amide bonds. The molecule has 2 rings (SSSR count). The van der Waals surface area contributed by atoms with Gasteiger partial charge in [-0.15, -0.1) is 0 Å². The zero-order valence-corrected chi connectivity index (χ0v) is 26.0. The van der Waals surface area contributed by atoms with Crippen LogP contribution in [0.15, 0.2) is 0 Å². The zero-order valence-electron chi connectivity index (χ0n) is 26.0. The first-order chi connectivity index (χ1) is 21.1. The maximum atomic E-state index is 13.1.